The molecule has 1 heterocycles. The quantitative estimate of drug-likeness (QED) is 0.275. The second-order valence-electron chi connectivity index (χ2n) is 8.46. The monoisotopic (exact) mass is 492 g/mol. The Labute approximate surface area is 203 Å². The Morgan fingerprint density at radius 2 is 1.64 bits per heavy atom. The second-order valence-corrected chi connectivity index (χ2v) is 8.46. The van der Waals surface area contributed by atoms with Gasteiger partial charge in [0.2, 0.25) is 5.91 Å². The average Bonchev–Trinajstić information content (AvgIpc) is 3.16. The predicted octanol–water partition coefficient (Wildman–Crippen LogP) is 6.78. The Kier molecular flexibility index (Phi) is 5.67. The molecule has 0 unspecified atom stereocenters. The summed E-state index contributed by atoms with van der Waals surface area (Å²) in [6.45, 7) is -0.0465. The lowest BCUT2D eigenvalue weighted by molar-refractivity contribution is -0.137. The van der Waals surface area contributed by atoms with Crippen LogP contribution in [0.4, 0.5) is 17.6 Å². The number of nitrogens with zero attached hydrogens (tertiary/aromatic N) is 1. The van der Waals surface area contributed by atoms with Crippen molar-refractivity contribution in [3.63, 3.8) is 0 Å². The van der Waals surface area contributed by atoms with Gasteiger partial charge >= 0.3 is 6.18 Å². The number of benzene rings is 4. The lowest BCUT2D eigenvalue weighted by Crippen LogP contribution is -2.11. The fourth-order valence-electron chi connectivity index (χ4n) is 4.57. The number of amides is 1. The van der Waals surface area contributed by atoms with E-state index in [0.29, 0.717) is 39.2 Å². The smallest absolute Gasteiger partial charge is 0.416 e. The fraction of sp³-hybridized carbons (Fsp3) is 0.107. The van der Waals surface area contributed by atoms with Crippen LogP contribution in [-0.2, 0) is 12.7 Å². The van der Waals surface area contributed by atoms with Crippen molar-refractivity contribution in [1.29, 1.82) is 0 Å². The molecule has 5 aromatic rings. The minimum Gasteiger partial charge on any atom is -0.497 e. The Morgan fingerprint density at radius 1 is 0.917 bits per heavy atom. The van der Waals surface area contributed by atoms with Gasteiger partial charge in [-0.05, 0) is 65.2 Å². The lowest BCUT2D eigenvalue weighted by atomic mass is 10.0. The number of hydrogen-bond acceptors (Lipinski definition) is 2. The molecule has 8 heteroatoms. The highest BCUT2D eigenvalue weighted by atomic mass is 19.4. The van der Waals surface area contributed by atoms with Gasteiger partial charge in [-0.1, -0.05) is 30.3 Å². The largest absolute Gasteiger partial charge is 0.497 e. The third-order valence-corrected chi connectivity index (χ3v) is 6.21. The van der Waals surface area contributed by atoms with Crippen molar-refractivity contribution < 1.29 is 27.1 Å². The zero-order valence-corrected chi connectivity index (χ0v) is 19.1. The summed E-state index contributed by atoms with van der Waals surface area (Å²) in [4.78, 5) is 12.2. The normalized spacial score (nSPS) is 11.8. The van der Waals surface area contributed by atoms with E-state index in [9.17, 15) is 22.4 Å². The molecule has 182 valence electrons. The van der Waals surface area contributed by atoms with Crippen molar-refractivity contribution in [3.05, 3.63) is 101 Å². The van der Waals surface area contributed by atoms with Crippen LogP contribution in [0.25, 0.3) is 32.9 Å². The van der Waals surface area contributed by atoms with Gasteiger partial charge in [0.1, 0.15) is 11.6 Å². The first-order valence-electron chi connectivity index (χ1n) is 11.0. The average molecular weight is 492 g/mol. The highest BCUT2D eigenvalue weighted by Crippen LogP contribution is 2.36. The molecule has 0 bridgehead atoms. The predicted molar refractivity (Wildman–Crippen MR) is 130 cm³/mol. The number of halogens is 4. The first kappa shape index (κ1) is 23.4. The third-order valence-electron chi connectivity index (χ3n) is 6.21. The van der Waals surface area contributed by atoms with Crippen molar-refractivity contribution in [2.45, 2.75) is 12.7 Å². The number of fused-ring (bicyclic) bond motifs is 3. The first-order valence-corrected chi connectivity index (χ1v) is 11.0. The van der Waals surface area contributed by atoms with Crippen LogP contribution in [0, 0.1) is 5.82 Å². The maximum Gasteiger partial charge on any atom is 0.416 e. The van der Waals surface area contributed by atoms with E-state index in [1.807, 2.05) is 42.5 Å². The first-order chi connectivity index (χ1) is 17.2. The molecule has 4 nitrogen and oxygen atoms in total. The summed E-state index contributed by atoms with van der Waals surface area (Å²) in [5, 5.41) is 1.30. The van der Waals surface area contributed by atoms with Crippen LogP contribution in [0.1, 0.15) is 21.5 Å². The van der Waals surface area contributed by atoms with E-state index in [2.05, 4.69) is 0 Å². The number of methoxy groups -OCH3 is 1. The highest BCUT2D eigenvalue weighted by molar-refractivity contribution is 6.18. The molecule has 2 N–H and O–H groups in total. The molecule has 0 radical (unpaired) electrons. The van der Waals surface area contributed by atoms with Crippen molar-refractivity contribution in [2.75, 3.05) is 7.11 Å². The van der Waals surface area contributed by atoms with Crippen molar-refractivity contribution >= 4 is 27.7 Å². The number of carbonyl (C=O) groups is 1. The molecule has 5 rings (SSSR count). The van der Waals surface area contributed by atoms with E-state index >= 15 is 0 Å². The van der Waals surface area contributed by atoms with Crippen molar-refractivity contribution in [2.24, 2.45) is 5.73 Å². The fourth-order valence-corrected chi connectivity index (χ4v) is 4.57. The molecule has 4 aromatic carbocycles. The molecule has 0 aliphatic rings. The van der Waals surface area contributed by atoms with Crippen LogP contribution in [-0.4, -0.2) is 17.6 Å². The van der Waals surface area contributed by atoms with Gasteiger partial charge in [0.15, 0.2) is 0 Å². The van der Waals surface area contributed by atoms with Crippen LogP contribution >= 0.6 is 0 Å². The molecular formula is C28H20F4N2O2. The standard InChI is InChI=1S/C28H20F4N2O2/c1-36-21-8-5-17(6-9-21)18-7-10-22-25(13-18)34(24-4-2-3-23(26(22)24)27(33)35)15-16-11-19(28(30,31)32)14-20(29)12-16/h2-14H,15H2,1H3,(H2,33,35). The van der Waals surface area contributed by atoms with Crippen LogP contribution in [0.5, 0.6) is 5.75 Å². The molecule has 36 heavy (non-hydrogen) atoms. The Hall–Kier alpha value is -4.33. The van der Waals surface area contributed by atoms with Crippen LogP contribution in [0.2, 0.25) is 0 Å². The minimum atomic E-state index is -4.68. The summed E-state index contributed by atoms with van der Waals surface area (Å²) in [5.74, 6) is -0.895. The van der Waals surface area contributed by atoms with Gasteiger partial charge in [-0.3, -0.25) is 4.79 Å². The zero-order chi connectivity index (χ0) is 25.6. The number of hydrogen-bond donors (Lipinski definition) is 1. The SMILES string of the molecule is COc1ccc(-c2ccc3c4c(C(N)=O)cccc4n(Cc4cc(F)cc(C(F)(F)F)c4)c3c2)cc1. The van der Waals surface area contributed by atoms with Gasteiger partial charge in [-0.15, -0.1) is 0 Å². The number of aromatic nitrogens is 1. The van der Waals surface area contributed by atoms with Gasteiger partial charge in [0, 0.05) is 22.9 Å². The molecule has 0 fully saturated rings. The topological polar surface area (TPSA) is 57.2 Å². The summed E-state index contributed by atoms with van der Waals surface area (Å²) >= 11 is 0. The third kappa shape index (κ3) is 4.15. The summed E-state index contributed by atoms with van der Waals surface area (Å²) in [6, 6.07) is 20.6. The molecule has 1 amide bonds. The Morgan fingerprint density at radius 3 is 2.31 bits per heavy atom. The highest BCUT2D eigenvalue weighted by Gasteiger charge is 2.31. The molecular weight excluding hydrogens is 472 g/mol. The van der Waals surface area contributed by atoms with Crippen LogP contribution in [0.3, 0.4) is 0 Å². The van der Waals surface area contributed by atoms with Gasteiger partial charge in [0.25, 0.3) is 0 Å². The zero-order valence-electron chi connectivity index (χ0n) is 19.1. The van der Waals surface area contributed by atoms with Gasteiger partial charge in [-0.2, -0.15) is 13.2 Å². The van der Waals surface area contributed by atoms with Crippen molar-refractivity contribution in [3.8, 4) is 16.9 Å². The Balaban J connectivity index is 1.75. The van der Waals surface area contributed by atoms with E-state index in [0.717, 1.165) is 23.3 Å². The summed E-state index contributed by atoms with van der Waals surface area (Å²) in [6.07, 6.45) is -4.68. The molecule has 0 aliphatic carbocycles. The molecule has 0 atom stereocenters. The minimum absolute atomic E-state index is 0.0465. The summed E-state index contributed by atoms with van der Waals surface area (Å²) in [7, 11) is 1.58. The van der Waals surface area contributed by atoms with Gasteiger partial charge in [0.05, 0.1) is 23.7 Å². The van der Waals surface area contributed by atoms with E-state index < -0.39 is 23.5 Å². The molecule has 0 spiro atoms. The van der Waals surface area contributed by atoms with Crippen LogP contribution in [0.15, 0.2) is 78.9 Å². The Bertz CT molecular complexity index is 1620. The summed E-state index contributed by atoms with van der Waals surface area (Å²) in [5.41, 5.74) is 8.03. The number of nitrogens with two attached hydrogens (primary N) is 1. The number of ether oxygens (including phenoxy) is 1. The van der Waals surface area contributed by atoms with Crippen LogP contribution < -0.4 is 10.5 Å². The molecule has 0 aliphatic heterocycles. The number of carbonyl (C=O) groups excluding carboxylic acids is 1. The maximum absolute atomic E-state index is 14.2. The van der Waals surface area contributed by atoms with Crippen molar-refractivity contribution in [1.82, 2.24) is 4.57 Å². The van der Waals surface area contributed by atoms with E-state index in [1.165, 1.54) is 0 Å². The number of primary amides is 1. The lowest BCUT2D eigenvalue weighted by Gasteiger charge is -2.12. The van der Waals surface area contributed by atoms with E-state index in [-0.39, 0.29) is 12.1 Å². The number of alkyl halides is 3. The summed E-state index contributed by atoms with van der Waals surface area (Å²) < 4.78 is 61.2. The van der Waals surface area contributed by atoms with Gasteiger partial charge in [-0.25, -0.2) is 4.39 Å². The molecule has 1 aromatic heterocycles. The second kappa shape index (κ2) is 8.71. The van der Waals surface area contributed by atoms with Gasteiger partial charge < -0.3 is 15.0 Å². The van der Waals surface area contributed by atoms with E-state index in [4.69, 9.17) is 10.5 Å². The molecule has 0 saturated carbocycles. The number of rotatable bonds is 5. The maximum atomic E-state index is 14.2. The molecule has 0 saturated heterocycles. The van der Waals surface area contributed by atoms with E-state index in [1.54, 1.807) is 29.9 Å².